The van der Waals surface area contributed by atoms with Gasteiger partial charge in [0.05, 0.1) is 10.7 Å². The van der Waals surface area contributed by atoms with Gasteiger partial charge >= 0.3 is 5.97 Å². The van der Waals surface area contributed by atoms with Gasteiger partial charge in [-0.25, -0.2) is 14.9 Å². The van der Waals surface area contributed by atoms with Crippen LogP contribution in [0.2, 0.25) is 0 Å². The molecule has 5 aromatic rings. The number of aromatic amines is 1. The van der Waals surface area contributed by atoms with Crippen molar-refractivity contribution in [2.45, 2.75) is 32.7 Å². The molecule has 2 aromatic carbocycles. The molecule has 0 unspecified atom stereocenters. The maximum absolute atomic E-state index is 11.8. The Labute approximate surface area is 203 Å². The molecule has 34 heavy (non-hydrogen) atoms. The summed E-state index contributed by atoms with van der Waals surface area (Å²) in [5.41, 5.74) is 3.51. The molecule has 0 fully saturated rings. The van der Waals surface area contributed by atoms with Gasteiger partial charge in [0, 0.05) is 29.5 Å². The van der Waals surface area contributed by atoms with E-state index in [2.05, 4.69) is 48.5 Å². The second kappa shape index (κ2) is 9.22. The van der Waals surface area contributed by atoms with Crippen LogP contribution in [-0.2, 0) is 13.0 Å². The van der Waals surface area contributed by atoms with Crippen molar-refractivity contribution in [2.75, 3.05) is 0 Å². The number of benzene rings is 2. The lowest BCUT2D eigenvalue weighted by molar-refractivity contribution is 0.0685. The molecule has 3 heterocycles. The van der Waals surface area contributed by atoms with Crippen molar-refractivity contribution in [2.24, 2.45) is 0 Å². The molecule has 2 N–H and O–H groups in total. The Kier molecular flexibility index (Phi) is 5.97. The number of nitrogens with one attached hydrogen (secondary N) is 1. The van der Waals surface area contributed by atoms with Gasteiger partial charge in [-0.2, -0.15) is 0 Å². The van der Waals surface area contributed by atoms with Gasteiger partial charge in [0.1, 0.15) is 22.9 Å². The van der Waals surface area contributed by atoms with Crippen molar-refractivity contribution < 1.29 is 14.3 Å². The van der Waals surface area contributed by atoms with Crippen molar-refractivity contribution in [3.63, 3.8) is 0 Å². The number of carboxylic acids is 1. The fourth-order valence-corrected chi connectivity index (χ4v) is 4.63. The number of aromatic carboxylic acids is 1. The number of rotatable bonds is 8. The third kappa shape index (κ3) is 4.01. The maximum Gasteiger partial charge on any atom is 0.354 e. The summed E-state index contributed by atoms with van der Waals surface area (Å²) in [6, 6.07) is 13.6. The number of carbonyl (C=O) groups is 1. The number of hydrogen-bond donors (Lipinski definition) is 2. The van der Waals surface area contributed by atoms with Crippen LogP contribution in [0.1, 0.15) is 41.6 Å². The zero-order chi connectivity index (χ0) is 23.7. The molecule has 0 saturated heterocycles. The fourth-order valence-electron chi connectivity index (χ4n) is 4.03. The predicted octanol–water partition coefficient (Wildman–Crippen LogP) is 5.33. The lowest BCUT2D eigenvalue weighted by Gasteiger charge is -2.10. The molecule has 0 radical (unpaired) electrons. The molecule has 0 amide bonds. The predicted molar refractivity (Wildman–Crippen MR) is 129 cm³/mol. The van der Waals surface area contributed by atoms with Gasteiger partial charge in [-0.15, -0.1) is 5.10 Å². The summed E-state index contributed by atoms with van der Waals surface area (Å²) in [6.45, 7) is 2.51. The Hall–Kier alpha value is -3.79. The van der Waals surface area contributed by atoms with E-state index in [0.717, 1.165) is 51.6 Å². The molecular weight excluding hydrogens is 500 g/mol. The van der Waals surface area contributed by atoms with Crippen LogP contribution in [0, 0.1) is 0 Å². The topological polar surface area (TPSA) is 123 Å². The molecule has 0 spiro atoms. The Bertz CT molecular complexity index is 1470. The number of H-pyrrole nitrogens is 1. The molecule has 172 valence electrons. The fraction of sp³-hybridized carbons (Fsp3) is 0.208. The van der Waals surface area contributed by atoms with Crippen molar-refractivity contribution in [1.82, 2.24) is 30.2 Å². The lowest BCUT2D eigenvalue weighted by Crippen LogP contribution is -2.12. The first-order valence-corrected chi connectivity index (χ1v) is 11.7. The van der Waals surface area contributed by atoms with Crippen LogP contribution in [0.3, 0.4) is 0 Å². The summed E-state index contributed by atoms with van der Waals surface area (Å²) >= 11 is 3.72. The van der Waals surface area contributed by atoms with E-state index in [-0.39, 0.29) is 5.69 Å². The van der Waals surface area contributed by atoms with E-state index in [1.54, 1.807) is 4.57 Å². The largest absolute Gasteiger partial charge is 0.477 e. The highest BCUT2D eigenvalue weighted by Gasteiger charge is 2.20. The van der Waals surface area contributed by atoms with E-state index in [0.29, 0.717) is 23.7 Å². The van der Waals surface area contributed by atoms with E-state index in [4.69, 9.17) is 4.42 Å². The summed E-state index contributed by atoms with van der Waals surface area (Å²) in [7, 11) is 0. The number of hydrogen-bond acceptors (Lipinski definition) is 6. The number of fused-ring (bicyclic) bond motifs is 1. The zero-order valence-electron chi connectivity index (χ0n) is 18.3. The smallest absolute Gasteiger partial charge is 0.354 e. The van der Waals surface area contributed by atoms with Gasteiger partial charge in [-0.1, -0.05) is 43.7 Å². The monoisotopic (exact) mass is 520 g/mol. The molecule has 0 atom stereocenters. The van der Waals surface area contributed by atoms with Crippen molar-refractivity contribution >= 4 is 32.9 Å². The van der Waals surface area contributed by atoms with Gasteiger partial charge < -0.3 is 14.1 Å². The first-order valence-electron chi connectivity index (χ1n) is 10.9. The number of unbranched alkanes of at least 4 members (excludes halogenated alkanes) is 1. The van der Waals surface area contributed by atoms with Gasteiger partial charge in [0.25, 0.3) is 0 Å². The summed E-state index contributed by atoms with van der Waals surface area (Å²) in [5.74, 6) is 1.00. The van der Waals surface area contributed by atoms with Crippen LogP contribution in [0.5, 0.6) is 0 Å². The number of tetrazole rings is 1. The Morgan fingerprint density at radius 3 is 2.76 bits per heavy atom. The Morgan fingerprint density at radius 1 is 1.21 bits per heavy atom. The minimum atomic E-state index is -0.985. The number of nitrogens with zero attached hydrogens (tertiary/aromatic N) is 5. The SMILES string of the molecule is CCCCc1ncc(C(=O)O)n1Cc1ccc2oc(-c3ccccc3-c3nnn[nH]3)c(Br)c2c1. The Balaban J connectivity index is 1.55. The average Bonchev–Trinajstić information content (AvgIpc) is 3.58. The van der Waals surface area contributed by atoms with Crippen LogP contribution < -0.4 is 0 Å². The highest BCUT2D eigenvalue weighted by atomic mass is 79.9. The molecule has 0 bridgehead atoms. The lowest BCUT2D eigenvalue weighted by atomic mass is 10.0. The quantitative estimate of drug-likeness (QED) is 0.283. The second-order valence-corrected chi connectivity index (χ2v) is 8.72. The molecular formula is C24H21BrN6O3. The molecule has 3 aromatic heterocycles. The standard InChI is InChI=1S/C24H21BrN6O3/c1-2-3-8-20-26-12-18(24(32)33)31(20)13-14-9-10-19-17(11-14)21(25)22(34-19)15-6-4-5-7-16(15)23-27-29-30-28-23/h4-7,9-12H,2-3,8,13H2,1H3,(H,32,33)(H,27,28,29,30). The number of carboxylic acid groups (broad SMARTS) is 1. The van der Waals surface area contributed by atoms with Crippen LogP contribution in [0.25, 0.3) is 33.7 Å². The number of aromatic nitrogens is 6. The van der Waals surface area contributed by atoms with Crippen LogP contribution in [-0.4, -0.2) is 41.3 Å². The van der Waals surface area contributed by atoms with E-state index in [9.17, 15) is 9.90 Å². The summed E-state index contributed by atoms with van der Waals surface area (Å²) in [5, 5.41) is 24.7. The van der Waals surface area contributed by atoms with Crippen molar-refractivity contribution in [3.05, 3.63) is 70.2 Å². The minimum absolute atomic E-state index is 0.188. The minimum Gasteiger partial charge on any atom is -0.477 e. The molecule has 0 aliphatic heterocycles. The van der Waals surface area contributed by atoms with E-state index < -0.39 is 5.97 Å². The maximum atomic E-state index is 11.8. The highest BCUT2D eigenvalue weighted by Crippen LogP contribution is 2.41. The van der Waals surface area contributed by atoms with E-state index in [1.807, 2.05) is 42.5 Å². The number of imidazole rings is 1. The first kappa shape index (κ1) is 22.0. The normalized spacial score (nSPS) is 11.4. The van der Waals surface area contributed by atoms with E-state index in [1.165, 1.54) is 6.20 Å². The van der Waals surface area contributed by atoms with Gasteiger partial charge in [0.15, 0.2) is 5.82 Å². The number of aryl methyl sites for hydroxylation is 1. The van der Waals surface area contributed by atoms with E-state index >= 15 is 0 Å². The third-order valence-electron chi connectivity index (χ3n) is 5.72. The molecule has 10 heteroatoms. The molecule has 0 aliphatic carbocycles. The van der Waals surface area contributed by atoms with Gasteiger partial charge in [-0.3, -0.25) is 0 Å². The molecule has 0 saturated carbocycles. The molecule has 0 aliphatic rings. The van der Waals surface area contributed by atoms with Crippen molar-refractivity contribution in [3.8, 4) is 22.7 Å². The molecule has 5 rings (SSSR count). The number of halogens is 1. The second-order valence-electron chi connectivity index (χ2n) is 7.93. The summed E-state index contributed by atoms with van der Waals surface area (Å²) in [4.78, 5) is 16.1. The van der Waals surface area contributed by atoms with Crippen molar-refractivity contribution in [1.29, 1.82) is 0 Å². The summed E-state index contributed by atoms with van der Waals surface area (Å²) in [6.07, 6.45) is 4.13. The van der Waals surface area contributed by atoms with Crippen LogP contribution in [0.15, 0.2) is 57.6 Å². The van der Waals surface area contributed by atoms with Gasteiger partial charge in [-0.05, 0) is 50.5 Å². The third-order valence-corrected chi connectivity index (χ3v) is 6.50. The zero-order valence-corrected chi connectivity index (χ0v) is 19.9. The van der Waals surface area contributed by atoms with Gasteiger partial charge in [0.2, 0.25) is 0 Å². The highest BCUT2D eigenvalue weighted by molar-refractivity contribution is 9.10. The first-order chi connectivity index (χ1) is 16.6. The van der Waals surface area contributed by atoms with Crippen LogP contribution >= 0.6 is 15.9 Å². The Morgan fingerprint density at radius 2 is 2.03 bits per heavy atom. The number of furan rings is 1. The van der Waals surface area contributed by atoms with Crippen LogP contribution in [0.4, 0.5) is 0 Å². The molecule has 9 nitrogen and oxygen atoms in total. The summed E-state index contributed by atoms with van der Waals surface area (Å²) < 4.78 is 8.79. The average molecular weight is 521 g/mol.